The van der Waals surface area contributed by atoms with Crippen LogP contribution in [0.4, 0.5) is 10.8 Å². The van der Waals surface area contributed by atoms with Gasteiger partial charge in [-0.25, -0.2) is 4.98 Å². The molecule has 1 aliphatic heterocycles. The third kappa shape index (κ3) is 4.91. The lowest BCUT2D eigenvalue weighted by Gasteiger charge is -2.34. The van der Waals surface area contributed by atoms with E-state index in [0.717, 1.165) is 61.8 Å². The van der Waals surface area contributed by atoms with Gasteiger partial charge in [-0.05, 0) is 48.3 Å². The highest BCUT2D eigenvalue weighted by atomic mass is 32.1. The van der Waals surface area contributed by atoms with Crippen molar-refractivity contribution >= 4 is 28.1 Å². The Morgan fingerprint density at radius 1 is 1.29 bits per heavy atom. The van der Waals surface area contributed by atoms with Crippen LogP contribution in [-0.2, 0) is 17.6 Å². The number of hydrogen-bond acceptors (Lipinski definition) is 6. The molecule has 0 spiro atoms. The van der Waals surface area contributed by atoms with E-state index in [1.807, 2.05) is 24.4 Å². The van der Waals surface area contributed by atoms with E-state index in [4.69, 9.17) is 0 Å². The van der Waals surface area contributed by atoms with Crippen molar-refractivity contribution < 1.29 is 4.79 Å². The average Bonchev–Trinajstić information content (AvgIpc) is 3.10. The molecule has 4 rings (SSSR count). The molecule has 1 unspecified atom stereocenters. The van der Waals surface area contributed by atoms with Crippen LogP contribution >= 0.6 is 11.3 Å². The number of hydrogen-bond donors (Lipinski definition) is 1. The topological polar surface area (TPSA) is 72.3 Å². The van der Waals surface area contributed by atoms with Crippen LogP contribution < -0.4 is 10.2 Å². The second-order valence-corrected chi connectivity index (χ2v) is 10.7. The number of nitrogens with zero attached hydrogens (tertiary/aromatic N) is 4. The molecule has 6 nitrogen and oxygen atoms in total. The second-order valence-electron chi connectivity index (χ2n) is 9.62. The van der Waals surface area contributed by atoms with Crippen molar-refractivity contribution in [1.82, 2.24) is 9.88 Å². The van der Waals surface area contributed by atoms with Crippen LogP contribution in [0.5, 0.6) is 0 Å². The van der Waals surface area contributed by atoms with Gasteiger partial charge in [-0.15, -0.1) is 11.3 Å². The molecule has 164 valence electrons. The zero-order valence-electron chi connectivity index (χ0n) is 18.6. The molecule has 2 aromatic rings. The Hall–Kier alpha value is -2.43. The highest BCUT2D eigenvalue weighted by Gasteiger charge is 2.32. The molecule has 0 bridgehead atoms. The van der Waals surface area contributed by atoms with Gasteiger partial charge in [-0.2, -0.15) is 5.26 Å². The van der Waals surface area contributed by atoms with E-state index < -0.39 is 0 Å². The number of thiophene rings is 1. The molecule has 1 amide bonds. The largest absolute Gasteiger partial charge is 0.354 e. The summed E-state index contributed by atoms with van der Waals surface area (Å²) in [5.74, 6) is 1.57. The zero-order valence-corrected chi connectivity index (χ0v) is 19.5. The molecule has 1 aliphatic carbocycles. The van der Waals surface area contributed by atoms with E-state index in [-0.39, 0.29) is 11.3 Å². The molecule has 0 radical (unpaired) electrons. The predicted molar refractivity (Wildman–Crippen MR) is 126 cm³/mol. The fraction of sp³-hybridized carbons (Fsp3) is 0.542. The van der Waals surface area contributed by atoms with E-state index in [0.29, 0.717) is 18.0 Å². The number of nitriles is 1. The number of fused-ring (bicyclic) bond motifs is 1. The summed E-state index contributed by atoms with van der Waals surface area (Å²) in [5.41, 5.74) is 2.10. The van der Waals surface area contributed by atoms with E-state index in [2.05, 4.69) is 46.9 Å². The monoisotopic (exact) mass is 437 g/mol. The van der Waals surface area contributed by atoms with Crippen LogP contribution in [-0.4, -0.2) is 48.5 Å². The van der Waals surface area contributed by atoms with Gasteiger partial charge in [-0.3, -0.25) is 9.69 Å². The first-order valence-corrected chi connectivity index (χ1v) is 11.9. The Kier molecular flexibility index (Phi) is 6.31. The molecule has 2 aliphatic rings. The summed E-state index contributed by atoms with van der Waals surface area (Å²) in [6.45, 7) is 10.6. The summed E-state index contributed by atoms with van der Waals surface area (Å²) in [6.07, 6.45) is 4.85. The molecule has 3 heterocycles. The highest BCUT2D eigenvalue weighted by Crippen LogP contribution is 2.43. The fourth-order valence-electron chi connectivity index (χ4n) is 4.58. The minimum atomic E-state index is -0.0336. The van der Waals surface area contributed by atoms with Crippen molar-refractivity contribution in [3.63, 3.8) is 0 Å². The SMILES string of the molecule is CC(C)(C)C1CCc2c(sc(NC(=O)CN3CCN(c4ccccn4)CC3)c2C#N)C1. The molecule has 1 atom stereocenters. The molecule has 1 saturated heterocycles. The summed E-state index contributed by atoms with van der Waals surface area (Å²) in [6, 6.07) is 8.30. The summed E-state index contributed by atoms with van der Waals surface area (Å²) in [7, 11) is 0. The second kappa shape index (κ2) is 8.97. The van der Waals surface area contributed by atoms with Crippen LogP contribution in [0.1, 0.15) is 43.2 Å². The normalized spacial score (nSPS) is 19.5. The molecule has 2 aromatic heterocycles. The van der Waals surface area contributed by atoms with Gasteiger partial charge >= 0.3 is 0 Å². The van der Waals surface area contributed by atoms with Gasteiger partial charge < -0.3 is 10.2 Å². The maximum atomic E-state index is 12.8. The van der Waals surface area contributed by atoms with Crippen LogP contribution in [0.3, 0.4) is 0 Å². The van der Waals surface area contributed by atoms with Gasteiger partial charge in [0.25, 0.3) is 0 Å². The van der Waals surface area contributed by atoms with Crippen molar-refractivity contribution in [3.05, 3.63) is 40.4 Å². The zero-order chi connectivity index (χ0) is 22.0. The third-order valence-corrected chi connectivity index (χ3v) is 7.74. The van der Waals surface area contributed by atoms with E-state index >= 15 is 0 Å². The van der Waals surface area contributed by atoms with Crippen molar-refractivity contribution in [2.24, 2.45) is 11.3 Å². The van der Waals surface area contributed by atoms with Crippen molar-refractivity contribution in [2.75, 3.05) is 42.9 Å². The standard InChI is InChI=1S/C24H31N5OS/c1-24(2,3)17-7-8-18-19(15-25)23(31-20(18)14-17)27-22(30)16-28-10-12-29(13-11-28)21-6-4-5-9-26-21/h4-6,9,17H,7-8,10-14,16H2,1-3H3,(H,27,30). The Bertz CT molecular complexity index is 964. The first kappa shape index (κ1) is 21.8. The van der Waals surface area contributed by atoms with Crippen LogP contribution in [0.15, 0.2) is 24.4 Å². The lowest BCUT2D eigenvalue weighted by Crippen LogP contribution is -2.48. The molecule has 0 aromatic carbocycles. The fourth-order valence-corrected chi connectivity index (χ4v) is 5.87. The number of pyridine rings is 1. The lowest BCUT2D eigenvalue weighted by atomic mass is 9.72. The van der Waals surface area contributed by atoms with E-state index in [1.54, 1.807) is 11.3 Å². The smallest absolute Gasteiger partial charge is 0.239 e. The highest BCUT2D eigenvalue weighted by molar-refractivity contribution is 7.16. The van der Waals surface area contributed by atoms with E-state index in [9.17, 15) is 10.1 Å². The maximum absolute atomic E-state index is 12.8. The number of nitrogens with one attached hydrogen (secondary N) is 1. The molecule has 1 fully saturated rings. The number of piperazine rings is 1. The van der Waals surface area contributed by atoms with Gasteiger partial charge in [0, 0.05) is 37.3 Å². The van der Waals surface area contributed by atoms with Crippen LogP contribution in [0, 0.1) is 22.7 Å². The minimum absolute atomic E-state index is 0.0336. The summed E-state index contributed by atoms with van der Waals surface area (Å²) >= 11 is 1.60. The Balaban J connectivity index is 1.35. The van der Waals surface area contributed by atoms with Crippen LogP contribution in [0.2, 0.25) is 0 Å². The Labute approximate surface area is 188 Å². The molecule has 0 saturated carbocycles. The van der Waals surface area contributed by atoms with E-state index in [1.165, 1.54) is 4.88 Å². The summed E-state index contributed by atoms with van der Waals surface area (Å²) in [5, 5.41) is 13.5. The van der Waals surface area contributed by atoms with Gasteiger partial charge in [0.15, 0.2) is 0 Å². The number of amides is 1. The summed E-state index contributed by atoms with van der Waals surface area (Å²) in [4.78, 5) is 22.9. The van der Waals surface area contributed by atoms with Gasteiger partial charge in [-0.1, -0.05) is 26.8 Å². The number of aromatic nitrogens is 1. The number of anilines is 2. The van der Waals surface area contributed by atoms with Gasteiger partial charge in [0.2, 0.25) is 5.91 Å². The quantitative estimate of drug-likeness (QED) is 0.785. The molecular weight excluding hydrogens is 406 g/mol. The number of rotatable bonds is 4. The van der Waals surface area contributed by atoms with Crippen molar-refractivity contribution in [3.8, 4) is 6.07 Å². The van der Waals surface area contributed by atoms with Crippen LogP contribution in [0.25, 0.3) is 0 Å². The maximum Gasteiger partial charge on any atom is 0.239 e. The average molecular weight is 438 g/mol. The number of carbonyl (C=O) groups is 1. The third-order valence-electron chi connectivity index (χ3n) is 6.57. The predicted octanol–water partition coefficient (Wildman–Crippen LogP) is 3.93. The number of carbonyl (C=O) groups excluding carboxylic acids is 1. The first-order chi connectivity index (χ1) is 14.8. The van der Waals surface area contributed by atoms with Crippen molar-refractivity contribution in [2.45, 2.75) is 40.0 Å². The van der Waals surface area contributed by atoms with Gasteiger partial charge in [0.1, 0.15) is 16.9 Å². The van der Waals surface area contributed by atoms with Gasteiger partial charge in [0.05, 0.1) is 12.1 Å². The molecular formula is C24H31N5OS. The lowest BCUT2D eigenvalue weighted by molar-refractivity contribution is -0.117. The first-order valence-electron chi connectivity index (χ1n) is 11.1. The molecule has 7 heteroatoms. The summed E-state index contributed by atoms with van der Waals surface area (Å²) < 4.78 is 0. The van der Waals surface area contributed by atoms with Crippen molar-refractivity contribution in [1.29, 1.82) is 5.26 Å². The Morgan fingerprint density at radius 3 is 2.71 bits per heavy atom. The molecule has 31 heavy (non-hydrogen) atoms. The molecule has 1 N–H and O–H groups in total. The Morgan fingerprint density at radius 2 is 2.06 bits per heavy atom. The minimum Gasteiger partial charge on any atom is -0.354 e.